The van der Waals surface area contributed by atoms with Crippen LogP contribution in [0.5, 0.6) is 0 Å². The zero-order chi connectivity index (χ0) is 41.3. The predicted octanol–water partition coefficient (Wildman–Crippen LogP) is 15.4. The molecule has 0 bridgehead atoms. The molecule has 0 saturated carbocycles. The van der Waals surface area contributed by atoms with Crippen molar-refractivity contribution < 1.29 is 17.6 Å². The molecule has 0 aromatic heterocycles. The summed E-state index contributed by atoms with van der Waals surface area (Å²) < 4.78 is 55.3. The molecular formula is C56H38F4. The third-order valence-corrected chi connectivity index (χ3v) is 10.3. The van der Waals surface area contributed by atoms with Crippen LogP contribution in [0.3, 0.4) is 0 Å². The van der Waals surface area contributed by atoms with Gasteiger partial charge in [0, 0.05) is 0 Å². The summed E-state index contributed by atoms with van der Waals surface area (Å²) in [7, 11) is 0. The van der Waals surface area contributed by atoms with Gasteiger partial charge in [-0.2, -0.15) is 0 Å². The second-order valence-electron chi connectivity index (χ2n) is 14.3. The van der Waals surface area contributed by atoms with Gasteiger partial charge in [0.1, 0.15) is 23.3 Å². The van der Waals surface area contributed by atoms with E-state index < -0.39 is 0 Å². The lowest BCUT2D eigenvalue weighted by Gasteiger charge is -2.11. The average molecular weight is 787 g/mol. The smallest absolute Gasteiger partial charge is 0.123 e. The van der Waals surface area contributed by atoms with Gasteiger partial charge in [-0.05, 0) is 139 Å². The van der Waals surface area contributed by atoms with Crippen molar-refractivity contribution >= 4 is 47.6 Å². The highest BCUT2D eigenvalue weighted by Crippen LogP contribution is 2.31. The van der Waals surface area contributed by atoms with Crippen molar-refractivity contribution in [2.24, 2.45) is 0 Å². The van der Waals surface area contributed by atoms with E-state index >= 15 is 0 Å². The van der Waals surface area contributed by atoms with Gasteiger partial charge in [0.15, 0.2) is 0 Å². The molecule has 290 valence electrons. The first kappa shape index (κ1) is 39.3. The van der Waals surface area contributed by atoms with Crippen molar-refractivity contribution in [3.05, 3.63) is 273 Å². The Hall–Kier alpha value is -7.56. The maximum absolute atomic E-state index is 13.8. The molecule has 0 aliphatic heterocycles. The highest BCUT2D eigenvalue weighted by atomic mass is 19.1. The van der Waals surface area contributed by atoms with E-state index in [1.54, 1.807) is 48.5 Å². The molecule has 0 aliphatic rings. The van der Waals surface area contributed by atoms with E-state index in [-0.39, 0.29) is 23.3 Å². The lowest BCUT2D eigenvalue weighted by atomic mass is 9.94. The van der Waals surface area contributed by atoms with Crippen molar-refractivity contribution in [1.29, 1.82) is 0 Å². The number of hydrogen-bond acceptors (Lipinski definition) is 0. The van der Waals surface area contributed by atoms with Crippen LogP contribution >= 0.6 is 0 Å². The Balaban J connectivity index is 0.990. The molecule has 0 nitrogen and oxygen atoms in total. The number of hydrogen-bond donors (Lipinski definition) is 0. The molecule has 0 spiro atoms. The average Bonchev–Trinajstić information content (AvgIpc) is 3.28. The minimum atomic E-state index is -0.316. The van der Waals surface area contributed by atoms with Gasteiger partial charge in [-0.1, -0.05) is 170 Å². The zero-order valence-corrected chi connectivity index (χ0v) is 32.5. The van der Waals surface area contributed by atoms with E-state index in [9.17, 15) is 17.6 Å². The van der Waals surface area contributed by atoms with Gasteiger partial charge >= 0.3 is 0 Å². The van der Waals surface area contributed by atoms with Crippen LogP contribution in [-0.2, 0) is 0 Å². The number of rotatable bonds is 11. The molecule has 0 heterocycles. The maximum Gasteiger partial charge on any atom is 0.123 e. The van der Waals surface area contributed by atoms with Gasteiger partial charge in [0.05, 0.1) is 0 Å². The van der Waals surface area contributed by atoms with Gasteiger partial charge < -0.3 is 0 Å². The van der Waals surface area contributed by atoms with Gasteiger partial charge in [-0.3, -0.25) is 0 Å². The van der Waals surface area contributed by atoms with Gasteiger partial charge in [0.2, 0.25) is 0 Å². The van der Waals surface area contributed by atoms with Crippen LogP contribution in [0, 0.1) is 23.3 Å². The lowest BCUT2D eigenvalue weighted by molar-refractivity contribution is 0.627. The third-order valence-electron chi connectivity index (χ3n) is 10.3. The molecule has 4 heteroatoms. The monoisotopic (exact) mass is 786 g/mol. The highest BCUT2D eigenvalue weighted by molar-refractivity contribution is 5.94. The van der Waals surface area contributed by atoms with Crippen LogP contribution in [0.4, 0.5) is 17.6 Å². The fourth-order valence-electron chi connectivity index (χ4n) is 7.03. The lowest BCUT2D eigenvalue weighted by Crippen LogP contribution is -1.91. The Morgan fingerprint density at radius 2 is 0.533 bits per heavy atom. The molecule has 0 radical (unpaired) electrons. The summed E-state index contributed by atoms with van der Waals surface area (Å²) in [5, 5.41) is 0. The molecule has 0 aliphatic carbocycles. The minimum absolute atomic E-state index is 0.316. The minimum Gasteiger partial charge on any atom is -0.207 e. The quantitative estimate of drug-likeness (QED) is 0.0905. The summed E-state index contributed by atoms with van der Waals surface area (Å²) >= 11 is 0. The third kappa shape index (κ3) is 9.75. The van der Waals surface area contributed by atoms with Crippen molar-refractivity contribution in [1.82, 2.24) is 0 Å². The van der Waals surface area contributed by atoms with E-state index in [1.165, 1.54) is 48.5 Å². The number of benzene rings is 8. The van der Waals surface area contributed by atoms with E-state index in [1.807, 2.05) is 48.5 Å². The van der Waals surface area contributed by atoms with E-state index in [2.05, 4.69) is 85.0 Å². The maximum atomic E-state index is 13.8. The Morgan fingerprint density at radius 1 is 0.267 bits per heavy atom. The van der Waals surface area contributed by atoms with Crippen LogP contribution in [0.25, 0.3) is 58.7 Å². The molecule has 8 aromatic rings. The second-order valence-corrected chi connectivity index (χ2v) is 14.3. The molecule has 8 aromatic carbocycles. The second kappa shape index (κ2) is 18.4. The predicted molar refractivity (Wildman–Crippen MR) is 242 cm³/mol. The van der Waals surface area contributed by atoms with Crippen molar-refractivity contribution in [2.45, 2.75) is 0 Å². The molecule has 0 atom stereocenters. The molecule has 60 heavy (non-hydrogen) atoms. The van der Waals surface area contributed by atoms with Crippen LogP contribution < -0.4 is 0 Å². The molecular weight excluding hydrogens is 749 g/mol. The Bertz CT molecular complexity index is 2530. The van der Waals surface area contributed by atoms with Crippen LogP contribution in [0.2, 0.25) is 0 Å². The van der Waals surface area contributed by atoms with Crippen molar-refractivity contribution in [3.8, 4) is 11.1 Å². The summed E-state index contributed by atoms with van der Waals surface area (Å²) in [5.41, 5.74) is 13.3. The first-order valence-corrected chi connectivity index (χ1v) is 19.6. The van der Waals surface area contributed by atoms with E-state index in [0.717, 1.165) is 77.9 Å². The fraction of sp³-hybridized carbons (Fsp3) is 0. The van der Waals surface area contributed by atoms with E-state index in [4.69, 9.17) is 0 Å². The van der Waals surface area contributed by atoms with Crippen LogP contribution in [0.15, 0.2) is 194 Å². The van der Waals surface area contributed by atoms with Gasteiger partial charge in [-0.25, -0.2) is 17.6 Å². The van der Waals surface area contributed by atoms with Crippen molar-refractivity contribution in [3.63, 3.8) is 0 Å². The van der Waals surface area contributed by atoms with Crippen LogP contribution in [0.1, 0.15) is 55.6 Å². The Morgan fingerprint density at radius 3 is 0.817 bits per heavy atom. The summed E-state index contributed by atoms with van der Waals surface area (Å²) in [6.45, 7) is 0. The molecule has 0 fully saturated rings. The summed E-state index contributed by atoms with van der Waals surface area (Å²) in [6, 6.07) is 58.3. The topological polar surface area (TPSA) is 0 Å². The molecule has 0 unspecified atom stereocenters. The molecule has 0 saturated heterocycles. The zero-order valence-electron chi connectivity index (χ0n) is 32.5. The summed E-state index contributed by atoms with van der Waals surface area (Å²) in [6.07, 6.45) is 12.4. The highest BCUT2D eigenvalue weighted by Gasteiger charge is 2.10. The molecule has 0 N–H and O–H groups in total. The van der Waals surface area contributed by atoms with Crippen molar-refractivity contribution in [2.75, 3.05) is 0 Å². The van der Waals surface area contributed by atoms with Gasteiger partial charge in [-0.15, -0.1) is 0 Å². The summed E-state index contributed by atoms with van der Waals surface area (Å²) in [5.74, 6) is -1.26. The fourth-order valence-corrected chi connectivity index (χ4v) is 7.03. The Kier molecular flexibility index (Phi) is 12.0. The molecule has 8 rings (SSSR count). The summed E-state index contributed by atoms with van der Waals surface area (Å²) in [4.78, 5) is 0. The SMILES string of the molecule is Fc1ccc(C(=Cc2ccccc2C=Cc2ccc(-c3ccc(C=Cc4ccccc4C=C(c4ccc(F)cc4)c4ccc(F)cc4)cc3)cc2)c2ccc(F)cc2)cc1. The standard InChI is InChI=1S/C56H38F4/c57-51-29-21-45(22-30-51)55(46-23-31-52(58)32-24-46)37-49-7-3-1-5-41(49)15-9-39-11-17-43(18-12-39)44-19-13-40(14-20-44)10-16-42-6-2-4-8-50(42)38-56(47-25-33-53(59)34-26-47)48-27-35-54(60)36-28-48/h1-38H. The number of halogens is 4. The normalized spacial score (nSPS) is 11.2. The first-order valence-electron chi connectivity index (χ1n) is 19.6. The first-order chi connectivity index (χ1) is 29.3. The van der Waals surface area contributed by atoms with Gasteiger partial charge in [0.25, 0.3) is 0 Å². The largest absolute Gasteiger partial charge is 0.207 e. The van der Waals surface area contributed by atoms with E-state index in [0.29, 0.717) is 0 Å². The van der Waals surface area contributed by atoms with Crippen LogP contribution in [-0.4, -0.2) is 0 Å². The molecule has 0 amide bonds. The Labute approximate surface area is 348 Å².